The molecule has 0 spiro atoms. The van der Waals surface area contributed by atoms with E-state index in [9.17, 15) is 20.0 Å². The van der Waals surface area contributed by atoms with E-state index in [0.717, 1.165) is 18.4 Å². The second-order valence-corrected chi connectivity index (χ2v) is 8.03. The van der Waals surface area contributed by atoms with Crippen LogP contribution in [-0.4, -0.2) is 27.7 Å². The van der Waals surface area contributed by atoms with Gasteiger partial charge in [-0.15, -0.1) is 0 Å². The molecule has 7 nitrogen and oxygen atoms in total. The molecule has 1 aliphatic rings. The number of rotatable bonds is 6. The fraction of sp³-hybridized carbons (Fsp3) is 0.231. The van der Waals surface area contributed by atoms with Crippen molar-refractivity contribution in [1.82, 2.24) is 0 Å². The molecule has 0 saturated heterocycles. The number of aromatic hydroxyl groups is 1. The third kappa shape index (κ3) is 4.62. The second-order valence-electron chi connectivity index (χ2n) is 8.03. The number of hydrogen-bond acceptors (Lipinski definition) is 5. The van der Waals surface area contributed by atoms with Crippen molar-refractivity contribution in [1.29, 1.82) is 0 Å². The number of phenolic OH excluding ortho intramolecular Hbond substituents is 1. The summed E-state index contributed by atoms with van der Waals surface area (Å²) in [6.07, 6.45) is 2.26. The number of benzene rings is 3. The number of carbonyl (C=O) groups is 1. The molecule has 1 unspecified atom stereocenters. The van der Waals surface area contributed by atoms with E-state index in [1.54, 1.807) is 12.1 Å². The molecule has 4 rings (SSSR count). The molecule has 1 aliphatic heterocycles. The molecule has 1 heterocycles. The first-order valence-corrected chi connectivity index (χ1v) is 11.0. The van der Waals surface area contributed by atoms with Gasteiger partial charge in [-0.25, -0.2) is 0 Å². The third-order valence-electron chi connectivity index (χ3n) is 5.92. The number of anilines is 1. The predicted molar refractivity (Wildman–Crippen MR) is 128 cm³/mol. The van der Waals surface area contributed by atoms with Crippen LogP contribution in [0.2, 0.25) is 0 Å². The largest absolute Gasteiger partial charge is 0.508 e. The molecular weight excluding hydrogens is 418 g/mol. The van der Waals surface area contributed by atoms with Crippen LogP contribution in [0.3, 0.4) is 0 Å². The van der Waals surface area contributed by atoms with Crippen LogP contribution in [0.15, 0.2) is 65.7 Å². The maximum absolute atomic E-state index is 13.1. The number of carbonyl (C=O) groups excluding carboxylic acids is 1. The number of nitro groups is 1. The molecule has 0 aliphatic carbocycles. The van der Waals surface area contributed by atoms with Gasteiger partial charge in [-0.05, 0) is 59.9 Å². The maximum Gasteiger partial charge on any atom is 0.270 e. The van der Waals surface area contributed by atoms with E-state index in [1.807, 2.05) is 6.07 Å². The monoisotopic (exact) mass is 443 g/mol. The molecule has 3 aromatic carbocycles. The minimum Gasteiger partial charge on any atom is -0.508 e. The van der Waals surface area contributed by atoms with E-state index in [0.29, 0.717) is 28.9 Å². The average molecular weight is 444 g/mol. The number of non-ortho nitro benzene ring substituents is 1. The molecule has 0 radical (unpaired) electrons. The van der Waals surface area contributed by atoms with Gasteiger partial charge in [0.15, 0.2) is 0 Å². The quantitative estimate of drug-likeness (QED) is 0.421. The Labute approximate surface area is 192 Å². The first-order valence-electron chi connectivity index (χ1n) is 11.0. The van der Waals surface area contributed by atoms with Gasteiger partial charge in [0.1, 0.15) is 11.8 Å². The average Bonchev–Trinajstić information content (AvgIpc) is 2.95. The van der Waals surface area contributed by atoms with Crippen molar-refractivity contribution >= 4 is 23.0 Å². The highest BCUT2D eigenvalue weighted by molar-refractivity contribution is 6.20. The highest BCUT2D eigenvalue weighted by atomic mass is 16.6. The number of amides is 1. The van der Waals surface area contributed by atoms with E-state index in [-0.39, 0.29) is 17.3 Å². The summed E-state index contributed by atoms with van der Waals surface area (Å²) in [7, 11) is 0. The van der Waals surface area contributed by atoms with Gasteiger partial charge in [-0.2, -0.15) is 0 Å². The van der Waals surface area contributed by atoms with Gasteiger partial charge in [0, 0.05) is 29.7 Å². The maximum atomic E-state index is 13.1. The molecule has 1 atom stereocenters. The normalized spacial score (nSPS) is 15.3. The van der Waals surface area contributed by atoms with Crippen molar-refractivity contribution in [3.05, 3.63) is 98.6 Å². The van der Waals surface area contributed by atoms with Crippen LogP contribution in [0.25, 0.3) is 0 Å². The van der Waals surface area contributed by atoms with Crippen LogP contribution in [-0.2, 0) is 24.1 Å². The van der Waals surface area contributed by atoms with Crippen LogP contribution >= 0.6 is 0 Å². The smallest absolute Gasteiger partial charge is 0.270 e. The molecule has 0 saturated carbocycles. The van der Waals surface area contributed by atoms with Crippen molar-refractivity contribution < 1.29 is 14.8 Å². The fourth-order valence-electron chi connectivity index (χ4n) is 4.14. The minimum atomic E-state index is -0.711. The molecule has 7 heteroatoms. The number of nitro benzene ring substituents is 1. The molecule has 0 bridgehead atoms. The molecule has 0 fully saturated rings. The van der Waals surface area contributed by atoms with E-state index >= 15 is 0 Å². The lowest BCUT2D eigenvalue weighted by molar-refractivity contribution is -0.384. The lowest BCUT2D eigenvalue weighted by atomic mass is 9.96. The van der Waals surface area contributed by atoms with Gasteiger partial charge in [0.2, 0.25) is 5.91 Å². The zero-order valence-corrected chi connectivity index (χ0v) is 18.5. The summed E-state index contributed by atoms with van der Waals surface area (Å²) in [6.45, 7) is 4.23. The van der Waals surface area contributed by atoms with E-state index in [1.165, 1.54) is 41.5 Å². The summed E-state index contributed by atoms with van der Waals surface area (Å²) >= 11 is 0. The summed E-state index contributed by atoms with van der Waals surface area (Å²) in [5, 5.41) is 24.0. The third-order valence-corrected chi connectivity index (χ3v) is 5.92. The van der Waals surface area contributed by atoms with Crippen molar-refractivity contribution in [3.8, 4) is 5.75 Å². The van der Waals surface area contributed by atoms with Gasteiger partial charge < -0.3 is 10.4 Å². The lowest BCUT2D eigenvalue weighted by Gasteiger charge is -2.14. The summed E-state index contributed by atoms with van der Waals surface area (Å²) in [5.41, 5.74) is 5.54. The van der Waals surface area contributed by atoms with Gasteiger partial charge >= 0.3 is 0 Å². The minimum absolute atomic E-state index is 0.0873. The fourth-order valence-corrected chi connectivity index (χ4v) is 4.14. The van der Waals surface area contributed by atoms with Gasteiger partial charge in [0.25, 0.3) is 5.69 Å². The SMILES string of the molecule is CCc1ccc(CC2N=C(c3ccc(O)cc3)c3cc([N+](=O)[O-])ccc3NC2=O)cc1CC. The summed E-state index contributed by atoms with van der Waals surface area (Å²) in [4.78, 5) is 28.8. The number of hydrogen-bond donors (Lipinski definition) is 2. The van der Waals surface area contributed by atoms with Crippen LogP contribution < -0.4 is 5.32 Å². The van der Waals surface area contributed by atoms with Crippen LogP contribution in [0.4, 0.5) is 11.4 Å². The van der Waals surface area contributed by atoms with Gasteiger partial charge in [-0.1, -0.05) is 32.0 Å². The van der Waals surface area contributed by atoms with Gasteiger partial charge in [0.05, 0.1) is 16.3 Å². The zero-order chi connectivity index (χ0) is 23.5. The molecule has 2 N–H and O–H groups in total. The summed E-state index contributed by atoms with van der Waals surface area (Å²) in [6, 6.07) is 16.3. The number of phenols is 1. The van der Waals surface area contributed by atoms with Crippen molar-refractivity contribution in [3.63, 3.8) is 0 Å². The molecule has 1 amide bonds. The lowest BCUT2D eigenvalue weighted by Crippen LogP contribution is -2.27. The Balaban J connectivity index is 1.81. The molecular formula is C26H25N3O4. The second kappa shape index (κ2) is 9.24. The van der Waals surface area contributed by atoms with E-state index in [4.69, 9.17) is 4.99 Å². The number of aliphatic imine (C=N–C) groups is 1. The summed E-state index contributed by atoms with van der Waals surface area (Å²) < 4.78 is 0. The first-order chi connectivity index (χ1) is 15.9. The Kier molecular flexibility index (Phi) is 6.22. The van der Waals surface area contributed by atoms with E-state index < -0.39 is 11.0 Å². The number of fused-ring (bicyclic) bond motifs is 1. The highest BCUT2D eigenvalue weighted by Crippen LogP contribution is 2.29. The van der Waals surface area contributed by atoms with Crippen LogP contribution in [0, 0.1) is 10.1 Å². The number of benzodiazepines with no additional fused rings is 1. The molecule has 3 aromatic rings. The topological polar surface area (TPSA) is 105 Å². The molecule has 168 valence electrons. The molecule has 33 heavy (non-hydrogen) atoms. The van der Waals surface area contributed by atoms with Crippen molar-refractivity contribution in [2.75, 3.05) is 5.32 Å². The van der Waals surface area contributed by atoms with Crippen molar-refractivity contribution in [2.45, 2.75) is 39.2 Å². The highest BCUT2D eigenvalue weighted by Gasteiger charge is 2.27. The Morgan fingerprint density at radius 2 is 1.73 bits per heavy atom. The Morgan fingerprint density at radius 3 is 2.39 bits per heavy atom. The standard InChI is InChI=1S/C26H25N3O4/c1-3-17-6-5-16(13-18(17)4-2)14-24-26(31)28-23-12-9-20(29(32)33)15-22(23)25(27-24)19-7-10-21(30)11-8-19/h5-13,15,24,30H,3-4,14H2,1-2H3,(H,28,31). The van der Waals surface area contributed by atoms with Crippen LogP contribution in [0.1, 0.15) is 41.7 Å². The Morgan fingerprint density at radius 1 is 1.00 bits per heavy atom. The van der Waals surface area contributed by atoms with Gasteiger partial charge in [-0.3, -0.25) is 19.9 Å². The zero-order valence-electron chi connectivity index (χ0n) is 18.5. The van der Waals surface area contributed by atoms with Crippen molar-refractivity contribution in [2.24, 2.45) is 4.99 Å². The molecule has 0 aromatic heterocycles. The Hall–Kier alpha value is -4.00. The Bertz CT molecular complexity index is 1250. The number of nitrogens with one attached hydrogen (secondary N) is 1. The summed E-state index contributed by atoms with van der Waals surface area (Å²) in [5.74, 6) is -0.169. The van der Waals surface area contributed by atoms with Crippen LogP contribution in [0.5, 0.6) is 5.75 Å². The first kappa shape index (κ1) is 22.2. The predicted octanol–water partition coefficient (Wildman–Crippen LogP) is 4.83. The number of nitrogens with zero attached hydrogens (tertiary/aromatic N) is 2. The number of aryl methyl sites for hydroxylation is 2. The van der Waals surface area contributed by atoms with E-state index in [2.05, 4.69) is 31.3 Å².